The number of ether oxygens (including phenoxy) is 1. The number of aromatic nitrogens is 2. The van der Waals surface area contributed by atoms with E-state index >= 15 is 4.39 Å². The molecule has 3 atom stereocenters. The summed E-state index contributed by atoms with van der Waals surface area (Å²) in [6.45, 7) is 1.94. The van der Waals surface area contributed by atoms with Crippen molar-refractivity contribution in [2.45, 2.75) is 50.7 Å². The SMILES string of the molecule is Cn1c(=O)n(C2CCC(=O)NC2=O)c2ccc(C3CCN(CC4CC4C(=O)Nc4ccc5c(F)c(N6CC(=O)NS6(=O)=O)c(OCc6ccccc6)cc5c4)CC3)cc21. The highest BCUT2D eigenvalue weighted by atomic mass is 32.2. The molecule has 1 aliphatic carbocycles. The molecule has 9 rings (SSSR count). The quantitative estimate of drug-likeness (QED) is 0.177. The molecule has 4 aromatic carbocycles. The van der Waals surface area contributed by atoms with E-state index in [0.29, 0.717) is 26.8 Å². The topological polar surface area (TPSA) is 181 Å². The van der Waals surface area contributed by atoms with Gasteiger partial charge in [-0.2, -0.15) is 8.42 Å². The Balaban J connectivity index is 0.837. The summed E-state index contributed by atoms with van der Waals surface area (Å²) in [6.07, 6.45) is 3.05. The van der Waals surface area contributed by atoms with E-state index < -0.39 is 40.4 Å². The molecule has 3 unspecified atom stereocenters. The van der Waals surface area contributed by atoms with Crippen molar-refractivity contribution in [3.8, 4) is 5.75 Å². The van der Waals surface area contributed by atoms with Gasteiger partial charge in [-0.05, 0) is 104 Å². The number of hydrogen-bond donors (Lipinski definition) is 3. The first-order valence-electron chi connectivity index (χ1n) is 19.7. The van der Waals surface area contributed by atoms with Gasteiger partial charge in [-0.1, -0.05) is 36.4 Å². The molecule has 3 saturated heterocycles. The number of aryl methyl sites for hydroxylation is 1. The second-order valence-electron chi connectivity index (χ2n) is 15.9. The van der Waals surface area contributed by atoms with Crippen molar-refractivity contribution >= 4 is 67.0 Å². The van der Waals surface area contributed by atoms with Gasteiger partial charge in [0.1, 0.15) is 30.6 Å². The van der Waals surface area contributed by atoms with E-state index in [4.69, 9.17) is 4.74 Å². The van der Waals surface area contributed by atoms with E-state index in [1.807, 2.05) is 53.3 Å². The van der Waals surface area contributed by atoms with E-state index in [-0.39, 0.29) is 65.6 Å². The van der Waals surface area contributed by atoms with Gasteiger partial charge in [-0.25, -0.2) is 18.2 Å². The Hall–Kier alpha value is -6.07. The number of piperidine rings is 2. The van der Waals surface area contributed by atoms with Gasteiger partial charge in [0.2, 0.25) is 17.7 Å². The number of fused-ring (bicyclic) bond motifs is 2. The van der Waals surface area contributed by atoms with Crippen LogP contribution >= 0.6 is 0 Å². The van der Waals surface area contributed by atoms with Crippen molar-refractivity contribution in [1.82, 2.24) is 24.1 Å². The molecule has 1 aromatic heterocycles. The minimum atomic E-state index is -4.34. The Morgan fingerprint density at radius 1 is 0.932 bits per heavy atom. The molecule has 17 heteroatoms. The van der Waals surface area contributed by atoms with Gasteiger partial charge in [0, 0.05) is 37.0 Å². The normalized spacial score (nSPS) is 22.1. The third-order valence-electron chi connectivity index (χ3n) is 12.0. The first-order chi connectivity index (χ1) is 28.3. The molecular weight excluding hydrogens is 782 g/mol. The Labute approximate surface area is 338 Å². The summed E-state index contributed by atoms with van der Waals surface area (Å²) < 4.78 is 53.4. The summed E-state index contributed by atoms with van der Waals surface area (Å²) in [5.74, 6) is -2.32. The van der Waals surface area contributed by atoms with E-state index in [2.05, 4.69) is 15.5 Å². The van der Waals surface area contributed by atoms with E-state index in [1.165, 1.54) is 16.7 Å². The average Bonchev–Trinajstić information content (AvgIpc) is 3.87. The molecule has 59 heavy (non-hydrogen) atoms. The third kappa shape index (κ3) is 7.33. The van der Waals surface area contributed by atoms with Gasteiger partial charge >= 0.3 is 15.9 Å². The number of anilines is 2. The second-order valence-corrected chi connectivity index (χ2v) is 17.5. The van der Waals surface area contributed by atoms with Crippen molar-refractivity contribution < 1.29 is 36.7 Å². The number of imide groups is 1. The van der Waals surface area contributed by atoms with E-state index in [9.17, 15) is 32.4 Å². The van der Waals surface area contributed by atoms with Crippen molar-refractivity contribution in [2.24, 2.45) is 18.9 Å². The minimum Gasteiger partial charge on any atom is -0.487 e. The van der Waals surface area contributed by atoms with Gasteiger partial charge in [-0.15, -0.1) is 0 Å². The Bertz CT molecular complexity index is 2730. The lowest BCUT2D eigenvalue weighted by Crippen LogP contribution is -2.44. The summed E-state index contributed by atoms with van der Waals surface area (Å²) in [6, 6.07) is 20.5. The highest BCUT2D eigenvalue weighted by Crippen LogP contribution is 2.43. The van der Waals surface area contributed by atoms with Crippen LogP contribution in [-0.2, 0) is 43.0 Å². The molecule has 4 aliphatic rings. The van der Waals surface area contributed by atoms with Crippen molar-refractivity contribution in [1.29, 1.82) is 0 Å². The molecule has 4 heterocycles. The van der Waals surface area contributed by atoms with Crippen LogP contribution in [0.3, 0.4) is 0 Å². The molecule has 0 radical (unpaired) electrons. The van der Waals surface area contributed by atoms with Gasteiger partial charge in [-0.3, -0.25) is 33.6 Å². The van der Waals surface area contributed by atoms with Crippen LogP contribution in [0.1, 0.15) is 55.2 Å². The molecule has 4 fully saturated rings. The number of hydrogen-bond acceptors (Lipinski definition) is 9. The highest BCUT2D eigenvalue weighted by molar-refractivity contribution is 7.92. The average molecular weight is 824 g/mol. The maximum absolute atomic E-state index is 16.2. The number of imidazole rings is 1. The number of nitrogens with zero attached hydrogens (tertiary/aromatic N) is 4. The lowest BCUT2D eigenvalue weighted by atomic mass is 9.89. The van der Waals surface area contributed by atoms with Crippen molar-refractivity contribution in [2.75, 3.05) is 35.8 Å². The number of rotatable bonds is 10. The van der Waals surface area contributed by atoms with Crippen LogP contribution in [0, 0.1) is 17.7 Å². The number of halogens is 1. The molecule has 306 valence electrons. The summed E-state index contributed by atoms with van der Waals surface area (Å²) in [5, 5.41) is 5.81. The molecule has 4 amide bonds. The summed E-state index contributed by atoms with van der Waals surface area (Å²) in [7, 11) is -2.64. The number of nitrogens with one attached hydrogen (secondary N) is 3. The second kappa shape index (κ2) is 14.9. The van der Waals surface area contributed by atoms with Crippen LogP contribution in [0.25, 0.3) is 21.8 Å². The standard InChI is InChI=1S/C42H42FN7O8S/c1-47-34-19-26(7-10-32(34)50(42(47)55)33-11-12-36(51)45-41(33)54)25-13-15-48(16-14-25)21-28-18-31(28)40(53)44-29-8-9-30-27(17-29)20-35(58-23-24-5-3-2-4-6-24)39(38(30)43)49-22-37(52)46-59(49,56)57/h2-10,17,19-20,25,28,31,33H,11-16,18,21-23H2,1H3,(H,44,53)(H,46,52)(H,45,51,54). The fraction of sp³-hybridized carbons (Fsp3) is 0.357. The third-order valence-corrected chi connectivity index (χ3v) is 13.4. The number of amides is 4. The first-order valence-corrected chi connectivity index (χ1v) is 21.1. The molecule has 5 aromatic rings. The zero-order valence-electron chi connectivity index (χ0n) is 32.1. The van der Waals surface area contributed by atoms with Gasteiger partial charge < -0.3 is 15.0 Å². The Morgan fingerprint density at radius 2 is 1.71 bits per heavy atom. The summed E-state index contributed by atoms with van der Waals surface area (Å²) in [4.78, 5) is 65.4. The van der Waals surface area contributed by atoms with E-state index in [1.54, 1.807) is 23.7 Å². The summed E-state index contributed by atoms with van der Waals surface area (Å²) in [5.41, 5.74) is 3.12. The van der Waals surface area contributed by atoms with Crippen molar-refractivity contribution in [3.63, 3.8) is 0 Å². The maximum Gasteiger partial charge on any atom is 0.329 e. The first kappa shape index (κ1) is 38.4. The predicted octanol–water partition coefficient (Wildman–Crippen LogP) is 3.82. The predicted molar refractivity (Wildman–Crippen MR) is 216 cm³/mol. The van der Waals surface area contributed by atoms with Gasteiger partial charge in [0.05, 0.1) is 11.0 Å². The Morgan fingerprint density at radius 3 is 2.44 bits per heavy atom. The molecule has 1 saturated carbocycles. The smallest absolute Gasteiger partial charge is 0.329 e. The largest absolute Gasteiger partial charge is 0.487 e. The fourth-order valence-electron chi connectivity index (χ4n) is 8.78. The lowest BCUT2D eigenvalue weighted by molar-refractivity contribution is -0.135. The number of carbonyl (C=O) groups excluding carboxylic acids is 4. The minimum absolute atomic E-state index is 0.0199. The zero-order chi connectivity index (χ0) is 41.2. The number of benzene rings is 4. The fourth-order valence-corrected chi connectivity index (χ4v) is 9.94. The van der Waals surface area contributed by atoms with E-state index in [0.717, 1.165) is 55.5 Å². The molecule has 0 spiro atoms. The number of carbonyl (C=O) groups is 4. The van der Waals surface area contributed by atoms with Crippen LogP contribution in [0.15, 0.2) is 77.6 Å². The maximum atomic E-state index is 16.2. The highest BCUT2D eigenvalue weighted by Gasteiger charge is 2.44. The van der Waals surface area contributed by atoms with Crippen LogP contribution < -0.4 is 30.1 Å². The monoisotopic (exact) mass is 823 g/mol. The zero-order valence-corrected chi connectivity index (χ0v) is 33.0. The molecule has 15 nitrogen and oxygen atoms in total. The summed E-state index contributed by atoms with van der Waals surface area (Å²) >= 11 is 0. The molecular formula is C42H42FN7O8S. The van der Waals surface area contributed by atoms with Crippen LogP contribution in [-0.4, -0.2) is 72.3 Å². The Kier molecular flexibility index (Phi) is 9.74. The van der Waals surface area contributed by atoms with Crippen LogP contribution in [0.2, 0.25) is 0 Å². The van der Waals surface area contributed by atoms with Gasteiger partial charge in [0.25, 0.3) is 5.91 Å². The number of likely N-dealkylation sites (tertiary alicyclic amines) is 1. The lowest BCUT2D eigenvalue weighted by Gasteiger charge is -2.32. The van der Waals surface area contributed by atoms with Crippen molar-refractivity contribution in [3.05, 3.63) is 100 Å². The van der Waals surface area contributed by atoms with Crippen LogP contribution in [0.4, 0.5) is 15.8 Å². The molecule has 0 bridgehead atoms. The van der Waals surface area contributed by atoms with Crippen LogP contribution in [0.5, 0.6) is 5.75 Å². The van der Waals surface area contributed by atoms with Gasteiger partial charge in [0.15, 0.2) is 5.82 Å². The molecule has 3 aliphatic heterocycles. The molecule has 3 N–H and O–H groups in total.